The number of nitrogens with one attached hydrogen (secondary N) is 1. The van der Waals surface area contributed by atoms with Crippen molar-refractivity contribution in [2.75, 3.05) is 0 Å². The Bertz CT molecular complexity index is 942. The molecule has 3 aromatic carbocycles. The van der Waals surface area contributed by atoms with Crippen molar-refractivity contribution in [3.05, 3.63) is 101 Å². The highest BCUT2D eigenvalue weighted by Crippen LogP contribution is 2.12. The second-order valence-electron chi connectivity index (χ2n) is 5.66. The Balaban J connectivity index is 1.54. The van der Waals surface area contributed by atoms with Gasteiger partial charge in [0.2, 0.25) is 0 Å². The number of nitrogens with zero attached hydrogens (tertiary/aromatic N) is 1. The van der Waals surface area contributed by atoms with Gasteiger partial charge in [0.25, 0.3) is 5.91 Å². The summed E-state index contributed by atoms with van der Waals surface area (Å²) in [6.45, 7) is 0.383. The number of rotatable bonds is 6. The second kappa shape index (κ2) is 8.71. The number of halogens is 2. The highest BCUT2D eigenvalue weighted by atomic mass is 19.1. The highest BCUT2D eigenvalue weighted by molar-refractivity contribution is 5.94. The first kappa shape index (κ1) is 18.3. The molecule has 1 N–H and O–H groups in total. The van der Waals surface area contributed by atoms with Crippen molar-refractivity contribution in [2.24, 2.45) is 5.10 Å². The molecule has 0 atom stereocenters. The minimum absolute atomic E-state index is 0.0742. The van der Waals surface area contributed by atoms with E-state index in [4.69, 9.17) is 4.74 Å². The Hall–Kier alpha value is -3.54. The van der Waals surface area contributed by atoms with E-state index >= 15 is 0 Å². The molecular weight excluding hydrogens is 350 g/mol. The molecule has 27 heavy (non-hydrogen) atoms. The fourth-order valence-corrected chi connectivity index (χ4v) is 2.27. The van der Waals surface area contributed by atoms with Crippen LogP contribution in [-0.4, -0.2) is 12.1 Å². The first-order valence-electron chi connectivity index (χ1n) is 8.17. The van der Waals surface area contributed by atoms with Gasteiger partial charge in [0.05, 0.1) is 6.21 Å². The zero-order valence-corrected chi connectivity index (χ0v) is 14.2. The van der Waals surface area contributed by atoms with Crippen molar-refractivity contribution in [3.63, 3.8) is 0 Å². The van der Waals surface area contributed by atoms with Crippen LogP contribution in [0.1, 0.15) is 21.5 Å². The molecule has 3 rings (SSSR count). The lowest BCUT2D eigenvalue weighted by Gasteiger charge is -2.06. The maximum Gasteiger partial charge on any atom is 0.271 e. The number of hydrogen-bond donors (Lipinski definition) is 1. The smallest absolute Gasteiger partial charge is 0.271 e. The van der Waals surface area contributed by atoms with E-state index in [2.05, 4.69) is 10.5 Å². The van der Waals surface area contributed by atoms with Crippen LogP contribution < -0.4 is 10.2 Å². The van der Waals surface area contributed by atoms with Gasteiger partial charge in [-0.05, 0) is 42.0 Å². The van der Waals surface area contributed by atoms with E-state index in [1.807, 2.05) is 30.3 Å². The summed E-state index contributed by atoms with van der Waals surface area (Å²) in [6, 6.07) is 19.4. The van der Waals surface area contributed by atoms with Crippen molar-refractivity contribution in [1.82, 2.24) is 5.43 Å². The van der Waals surface area contributed by atoms with Gasteiger partial charge in [-0.15, -0.1) is 0 Å². The van der Waals surface area contributed by atoms with E-state index in [1.165, 1.54) is 6.07 Å². The third kappa shape index (κ3) is 5.22. The summed E-state index contributed by atoms with van der Waals surface area (Å²) < 4.78 is 32.0. The highest BCUT2D eigenvalue weighted by Gasteiger charge is 2.05. The standard InChI is InChI=1S/C21H16F2N2O2/c22-18-11-10-17(20(23)12-18)13-24-25-21(26)16-8-6-15(7-9-16)14-27-19-4-2-1-3-5-19/h1-13H,14H2,(H,25,26)/b24-13-. The molecule has 0 heterocycles. The predicted molar refractivity (Wildman–Crippen MR) is 98.6 cm³/mol. The SMILES string of the molecule is O=C(N/N=C\c1ccc(F)cc1F)c1ccc(COc2ccccc2)cc1. The van der Waals surface area contributed by atoms with Gasteiger partial charge in [-0.1, -0.05) is 30.3 Å². The molecule has 4 nitrogen and oxygen atoms in total. The number of hydrazone groups is 1. The molecule has 0 aliphatic rings. The molecule has 0 radical (unpaired) electrons. The number of carbonyl (C=O) groups excluding carboxylic acids is 1. The Kier molecular flexibility index (Phi) is 5.89. The maximum atomic E-state index is 13.5. The molecule has 0 spiro atoms. The van der Waals surface area contributed by atoms with Crippen molar-refractivity contribution in [1.29, 1.82) is 0 Å². The molecule has 6 heteroatoms. The summed E-state index contributed by atoms with van der Waals surface area (Å²) >= 11 is 0. The molecule has 0 saturated heterocycles. The third-order valence-corrected chi connectivity index (χ3v) is 3.70. The summed E-state index contributed by atoms with van der Waals surface area (Å²) in [6.07, 6.45) is 1.12. The molecule has 0 aliphatic heterocycles. The molecule has 0 aromatic heterocycles. The van der Waals surface area contributed by atoms with E-state index in [1.54, 1.807) is 24.3 Å². The maximum absolute atomic E-state index is 13.5. The lowest BCUT2D eigenvalue weighted by molar-refractivity contribution is 0.0955. The number of benzene rings is 3. The van der Waals surface area contributed by atoms with Crippen molar-refractivity contribution >= 4 is 12.1 Å². The number of ether oxygens (including phenoxy) is 1. The third-order valence-electron chi connectivity index (χ3n) is 3.70. The molecular formula is C21H16F2N2O2. The van der Waals surface area contributed by atoms with E-state index in [9.17, 15) is 13.6 Å². The van der Waals surface area contributed by atoms with Crippen LogP contribution in [-0.2, 0) is 6.61 Å². The average molecular weight is 366 g/mol. The summed E-state index contributed by atoms with van der Waals surface area (Å²) in [5.74, 6) is -1.10. The lowest BCUT2D eigenvalue weighted by atomic mass is 10.1. The van der Waals surface area contributed by atoms with Crippen molar-refractivity contribution in [2.45, 2.75) is 6.61 Å². The van der Waals surface area contributed by atoms with Crippen LogP contribution in [0.5, 0.6) is 5.75 Å². The van der Waals surface area contributed by atoms with Gasteiger partial charge in [0.1, 0.15) is 24.0 Å². The molecule has 1 amide bonds. The second-order valence-corrected chi connectivity index (χ2v) is 5.66. The molecule has 136 valence electrons. The van der Waals surface area contributed by atoms with Gasteiger partial charge in [-0.3, -0.25) is 4.79 Å². The van der Waals surface area contributed by atoms with Gasteiger partial charge in [0, 0.05) is 17.2 Å². The zero-order valence-electron chi connectivity index (χ0n) is 14.2. The minimum atomic E-state index is -0.754. The lowest BCUT2D eigenvalue weighted by Crippen LogP contribution is -2.17. The average Bonchev–Trinajstić information content (AvgIpc) is 2.69. The van der Waals surface area contributed by atoms with Gasteiger partial charge in [-0.2, -0.15) is 5.10 Å². The Morgan fingerprint density at radius 2 is 1.74 bits per heavy atom. The molecule has 3 aromatic rings. The summed E-state index contributed by atoms with van der Waals surface area (Å²) in [5, 5.41) is 3.70. The Labute approximate surface area is 155 Å². The molecule has 0 fully saturated rings. The molecule has 0 unspecified atom stereocenters. The molecule has 0 saturated carbocycles. The number of amides is 1. The van der Waals surface area contributed by atoms with E-state index in [-0.39, 0.29) is 5.56 Å². The molecule has 0 bridgehead atoms. The number of para-hydroxylation sites is 1. The quantitative estimate of drug-likeness (QED) is 0.522. The number of hydrogen-bond acceptors (Lipinski definition) is 3. The first-order chi connectivity index (χ1) is 13.1. The van der Waals surface area contributed by atoms with Crippen LogP contribution in [0.3, 0.4) is 0 Å². The van der Waals surface area contributed by atoms with Crippen molar-refractivity contribution < 1.29 is 18.3 Å². The first-order valence-corrected chi connectivity index (χ1v) is 8.17. The fourth-order valence-electron chi connectivity index (χ4n) is 2.27. The summed E-state index contributed by atoms with van der Waals surface area (Å²) in [4.78, 5) is 12.1. The van der Waals surface area contributed by atoms with E-state index < -0.39 is 17.5 Å². The van der Waals surface area contributed by atoms with Crippen LogP contribution in [0, 0.1) is 11.6 Å². The van der Waals surface area contributed by atoms with Crippen molar-refractivity contribution in [3.8, 4) is 5.75 Å². The van der Waals surface area contributed by atoms with E-state index in [0.29, 0.717) is 12.2 Å². The largest absolute Gasteiger partial charge is 0.489 e. The monoisotopic (exact) mass is 366 g/mol. The van der Waals surface area contributed by atoms with Gasteiger partial charge >= 0.3 is 0 Å². The van der Waals surface area contributed by atoms with Crippen LogP contribution in [0.4, 0.5) is 8.78 Å². The van der Waals surface area contributed by atoms with Gasteiger partial charge in [0.15, 0.2) is 0 Å². The topological polar surface area (TPSA) is 50.7 Å². The number of carbonyl (C=O) groups is 1. The van der Waals surface area contributed by atoms with Gasteiger partial charge in [-0.25, -0.2) is 14.2 Å². The van der Waals surface area contributed by atoms with Crippen LogP contribution in [0.2, 0.25) is 0 Å². The Morgan fingerprint density at radius 3 is 2.44 bits per heavy atom. The van der Waals surface area contributed by atoms with E-state index in [0.717, 1.165) is 29.7 Å². The Morgan fingerprint density at radius 1 is 1.00 bits per heavy atom. The summed E-state index contributed by atoms with van der Waals surface area (Å²) in [7, 11) is 0. The normalized spacial score (nSPS) is 10.7. The van der Waals surface area contributed by atoms with Gasteiger partial charge < -0.3 is 4.74 Å². The van der Waals surface area contributed by atoms with Crippen LogP contribution >= 0.6 is 0 Å². The van der Waals surface area contributed by atoms with Crippen LogP contribution in [0.15, 0.2) is 77.9 Å². The minimum Gasteiger partial charge on any atom is -0.489 e. The predicted octanol–water partition coefficient (Wildman–Crippen LogP) is 4.31. The zero-order chi connectivity index (χ0) is 19.1. The van der Waals surface area contributed by atoms with Crippen LogP contribution in [0.25, 0.3) is 0 Å². The molecule has 0 aliphatic carbocycles. The fraction of sp³-hybridized carbons (Fsp3) is 0.0476. The summed E-state index contributed by atoms with van der Waals surface area (Å²) in [5.41, 5.74) is 3.69.